The van der Waals surface area contributed by atoms with E-state index in [0.29, 0.717) is 29.6 Å². The number of carboxylic acid groups (broad SMARTS) is 1. The van der Waals surface area contributed by atoms with Crippen LogP contribution in [-0.2, 0) is 17.9 Å². The second-order valence-electron chi connectivity index (χ2n) is 5.55. The van der Waals surface area contributed by atoms with E-state index in [0.717, 1.165) is 5.56 Å². The summed E-state index contributed by atoms with van der Waals surface area (Å²) < 4.78 is 0. The molecule has 0 atom stereocenters. The molecular weight excluding hydrogens is 364 g/mol. The zero-order valence-electron chi connectivity index (χ0n) is 14.1. The number of halogens is 1. The summed E-state index contributed by atoms with van der Waals surface area (Å²) in [4.78, 5) is 24.5. The standard InChI is InChI=1S/C16H20N4O3S.ClH/c1-11-3-5-12(6-4-11)9-17-15(23)16-19-18-13(24-16)10-20(2)8-7-14(21)22;/h3-6H,7-10H2,1-2H3,(H,17,23)(H,21,22);1H. The van der Waals surface area contributed by atoms with Gasteiger partial charge in [0.05, 0.1) is 13.0 Å². The van der Waals surface area contributed by atoms with E-state index in [-0.39, 0.29) is 24.7 Å². The number of nitrogens with one attached hydrogen (secondary N) is 1. The number of aliphatic carboxylic acids is 1. The van der Waals surface area contributed by atoms with E-state index in [1.165, 1.54) is 16.9 Å². The number of nitrogens with zero attached hydrogens (tertiary/aromatic N) is 3. The van der Waals surface area contributed by atoms with Crippen molar-refractivity contribution >= 4 is 35.6 Å². The molecule has 0 saturated carbocycles. The van der Waals surface area contributed by atoms with Crippen molar-refractivity contribution in [2.75, 3.05) is 13.6 Å². The minimum Gasteiger partial charge on any atom is -0.481 e. The normalized spacial score (nSPS) is 10.4. The molecule has 0 unspecified atom stereocenters. The van der Waals surface area contributed by atoms with Gasteiger partial charge in [-0.3, -0.25) is 14.5 Å². The summed E-state index contributed by atoms with van der Waals surface area (Å²) in [7, 11) is 1.81. The van der Waals surface area contributed by atoms with Gasteiger partial charge in [0, 0.05) is 13.1 Å². The predicted octanol–water partition coefficient (Wildman–Crippen LogP) is 2.10. The summed E-state index contributed by atoms with van der Waals surface area (Å²) in [6.45, 7) is 3.34. The van der Waals surface area contributed by atoms with Gasteiger partial charge in [-0.25, -0.2) is 0 Å². The van der Waals surface area contributed by atoms with Gasteiger partial charge in [0.25, 0.3) is 5.91 Å². The molecule has 1 aromatic heterocycles. The molecule has 1 amide bonds. The van der Waals surface area contributed by atoms with Gasteiger partial charge in [-0.2, -0.15) is 0 Å². The van der Waals surface area contributed by atoms with Crippen molar-refractivity contribution in [2.24, 2.45) is 0 Å². The zero-order chi connectivity index (χ0) is 17.5. The molecule has 9 heteroatoms. The van der Waals surface area contributed by atoms with Crippen molar-refractivity contribution in [1.29, 1.82) is 0 Å². The van der Waals surface area contributed by atoms with Crippen molar-refractivity contribution < 1.29 is 14.7 Å². The third-order valence-electron chi connectivity index (χ3n) is 3.35. The molecule has 2 N–H and O–H groups in total. The maximum absolute atomic E-state index is 12.1. The van der Waals surface area contributed by atoms with Crippen LogP contribution in [0.5, 0.6) is 0 Å². The first-order valence-corrected chi connectivity index (χ1v) is 8.32. The fourth-order valence-corrected chi connectivity index (χ4v) is 2.81. The maximum Gasteiger partial charge on any atom is 0.304 e. The second kappa shape index (κ2) is 10.1. The minimum absolute atomic E-state index is 0. The lowest BCUT2D eigenvalue weighted by atomic mass is 10.1. The Morgan fingerprint density at radius 3 is 2.56 bits per heavy atom. The highest BCUT2D eigenvalue weighted by molar-refractivity contribution is 7.13. The topological polar surface area (TPSA) is 95.4 Å². The first kappa shape index (κ1) is 21.0. The Morgan fingerprint density at radius 1 is 1.24 bits per heavy atom. The van der Waals surface area contributed by atoms with E-state index >= 15 is 0 Å². The first-order valence-electron chi connectivity index (χ1n) is 7.50. The number of hydrogen-bond acceptors (Lipinski definition) is 6. The monoisotopic (exact) mass is 384 g/mol. The van der Waals surface area contributed by atoms with Crippen LogP contribution >= 0.6 is 23.7 Å². The third-order valence-corrected chi connectivity index (χ3v) is 4.25. The van der Waals surface area contributed by atoms with Crippen LogP contribution in [0.3, 0.4) is 0 Å². The van der Waals surface area contributed by atoms with Gasteiger partial charge in [0.15, 0.2) is 0 Å². The lowest BCUT2D eigenvalue weighted by Crippen LogP contribution is -2.22. The van der Waals surface area contributed by atoms with Crippen LogP contribution in [0.1, 0.15) is 32.4 Å². The Hall–Kier alpha value is -2.03. The summed E-state index contributed by atoms with van der Waals surface area (Å²) in [5.74, 6) is -1.09. The fraction of sp³-hybridized carbons (Fsp3) is 0.375. The van der Waals surface area contributed by atoms with Crippen LogP contribution in [0.25, 0.3) is 0 Å². The predicted molar refractivity (Wildman–Crippen MR) is 98.1 cm³/mol. The second-order valence-corrected chi connectivity index (χ2v) is 6.61. The lowest BCUT2D eigenvalue weighted by Gasteiger charge is -2.12. The molecule has 0 fully saturated rings. The Morgan fingerprint density at radius 2 is 1.92 bits per heavy atom. The number of carbonyl (C=O) groups is 2. The van der Waals surface area contributed by atoms with Gasteiger partial charge >= 0.3 is 5.97 Å². The summed E-state index contributed by atoms with van der Waals surface area (Å²) in [6, 6.07) is 7.94. The first-order chi connectivity index (χ1) is 11.4. The minimum atomic E-state index is -0.838. The molecule has 0 saturated heterocycles. The van der Waals surface area contributed by atoms with Crippen LogP contribution in [0.4, 0.5) is 0 Å². The third kappa shape index (κ3) is 7.16. The Kier molecular flexibility index (Phi) is 8.47. The van der Waals surface area contributed by atoms with E-state index in [1.807, 2.05) is 43.1 Å². The molecule has 2 aromatic rings. The van der Waals surface area contributed by atoms with Gasteiger partial charge < -0.3 is 10.4 Å². The average molecular weight is 385 g/mol. The molecule has 7 nitrogen and oxygen atoms in total. The van der Waals surface area contributed by atoms with Gasteiger partial charge in [-0.1, -0.05) is 41.2 Å². The highest BCUT2D eigenvalue weighted by Crippen LogP contribution is 2.12. The molecule has 0 radical (unpaired) electrons. The van der Waals surface area contributed by atoms with E-state index < -0.39 is 5.97 Å². The summed E-state index contributed by atoms with van der Waals surface area (Å²) in [6.07, 6.45) is 0.0686. The van der Waals surface area contributed by atoms with Crippen LogP contribution < -0.4 is 5.32 Å². The number of aryl methyl sites for hydroxylation is 1. The lowest BCUT2D eigenvalue weighted by molar-refractivity contribution is -0.137. The van der Waals surface area contributed by atoms with Crippen LogP contribution in [-0.4, -0.2) is 45.7 Å². The number of amides is 1. The average Bonchev–Trinajstić information content (AvgIpc) is 3.00. The largest absolute Gasteiger partial charge is 0.481 e. The van der Waals surface area contributed by atoms with Crippen molar-refractivity contribution in [3.63, 3.8) is 0 Å². The van der Waals surface area contributed by atoms with Crippen LogP contribution in [0.2, 0.25) is 0 Å². The molecule has 0 spiro atoms. The van der Waals surface area contributed by atoms with Crippen molar-refractivity contribution in [3.05, 3.63) is 45.4 Å². The van der Waals surface area contributed by atoms with E-state index in [4.69, 9.17) is 5.11 Å². The molecule has 1 heterocycles. The van der Waals surface area contributed by atoms with Gasteiger partial charge in [-0.05, 0) is 19.5 Å². The van der Waals surface area contributed by atoms with Gasteiger partial charge in [-0.15, -0.1) is 22.6 Å². The Balaban J connectivity index is 0.00000312. The number of carbonyl (C=O) groups excluding carboxylic acids is 1. The number of rotatable bonds is 8. The smallest absolute Gasteiger partial charge is 0.304 e. The SMILES string of the molecule is Cc1ccc(CNC(=O)c2nnc(CN(C)CCC(=O)O)s2)cc1.Cl. The molecule has 1 aromatic carbocycles. The van der Waals surface area contributed by atoms with E-state index in [2.05, 4.69) is 15.5 Å². The van der Waals surface area contributed by atoms with Crippen molar-refractivity contribution in [3.8, 4) is 0 Å². The number of aromatic nitrogens is 2. The van der Waals surface area contributed by atoms with Crippen molar-refractivity contribution in [1.82, 2.24) is 20.4 Å². The summed E-state index contributed by atoms with van der Waals surface area (Å²) in [5.41, 5.74) is 2.19. The zero-order valence-corrected chi connectivity index (χ0v) is 15.7. The Bertz CT molecular complexity index is 706. The number of hydrogen-bond donors (Lipinski definition) is 2. The highest BCUT2D eigenvalue weighted by atomic mass is 35.5. The molecular formula is C16H21ClN4O3S. The highest BCUT2D eigenvalue weighted by Gasteiger charge is 2.14. The molecule has 0 aliphatic carbocycles. The molecule has 0 aliphatic rings. The van der Waals surface area contributed by atoms with Gasteiger partial charge in [0.1, 0.15) is 5.01 Å². The molecule has 136 valence electrons. The fourth-order valence-electron chi connectivity index (χ4n) is 1.97. The summed E-state index contributed by atoms with van der Waals surface area (Å²) >= 11 is 1.22. The molecule has 2 rings (SSSR count). The molecule has 0 aliphatic heterocycles. The maximum atomic E-state index is 12.1. The quantitative estimate of drug-likeness (QED) is 0.723. The van der Waals surface area contributed by atoms with E-state index in [9.17, 15) is 9.59 Å². The van der Waals surface area contributed by atoms with Gasteiger partial charge in [0.2, 0.25) is 5.01 Å². The van der Waals surface area contributed by atoms with Crippen LogP contribution in [0, 0.1) is 6.92 Å². The Labute approximate surface area is 156 Å². The molecule has 0 bridgehead atoms. The number of benzene rings is 1. The molecule has 25 heavy (non-hydrogen) atoms. The van der Waals surface area contributed by atoms with Crippen molar-refractivity contribution in [2.45, 2.75) is 26.4 Å². The number of carboxylic acids is 1. The van der Waals surface area contributed by atoms with Crippen LogP contribution in [0.15, 0.2) is 24.3 Å². The van der Waals surface area contributed by atoms with E-state index in [1.54, 1.807) is 0 Å². The summed E-state index contributed by atoms with van der Waals surface area (Å²) in [5, 5.41) is 20.4.